The minimum atomic E-state index is -1.03. The first kappa shape index (κ1) is 12.6. The number of hydrogen-bond donors (Lipinski definition) is 1. The molecule has 0 atom stereocenters. The molecule has 5 nitrogen and oxygen atoms in total. The van der Waals surface area contributed by atoms with Gasteiger partial charge in [0.15, 0.2) is 0 Å². The van der Waals surface area contributed by atoms with Crippen molar-refractivity contribution < 1.29 is 14.6 Å². The van der Waals surface area contributed by atoms with Crippen molar-refractivity contribution in [1.29, 1.82) is 0 Å². The summed E-state index contributed by atoms with van der Waals surface area (Å²) in [6, 6.07) is 6.85. The third kappa shape index (κ3) is 2.10. The topological polar surface area (TPSA) is 72.3 Å². The average Bonchev–Trinajstić information content (AvgIpc) is 2.90. The van der Waals surface area contributed by atoms with Gasteiger partial charge in [-0.2, -0.15) is 0 Å². The molecule has 0 radical (unpaired) electrons. The van der Waals surface area contributed by atoms with Gasteiger partial charge in [0, 0.05) is 0 Å². The molecule has 20 heavy (non-hydrogen) atoms. The fraction of sp³-hybridized carbons (Fsp3) is 0.0714. The molecule has 0 aliphatic carbocycles. The fourth-order valence-electron chi connectivity index (χ4n) is 1.90. The number of aromatic carboxylic acids is 1. The predicted molar refractivity (Wildman–Crippen MR) is 75.6 cm³/mol. The zero-order chi connectivity index (χ0) is 14.1. The lowest BCUT2D eigenvalue weighted by molar-refractivity contribution is 0.0694. The van der Waals surface area contributed by atoms with Gasteiger partial charge in [0.2, 0.25) is 5.88 Å². The molecule has 0 bridgehead atoms. The monoisotopic (exact) mass is 286 g/mol. The SMILES string of the molecule is Cc1cccc(C(=O)O)c1Oc1ncnc2sccc12. The number of hydrogen-bond acceptors (Lipinski definition) is 5. The van der Waals surface area contributed by atoms with Crippen molar-refractivity contribution in [3.8, 4) is 11.6 Å². The van der Waals surface area contributed by atoms with Crippen molar-refractivity contribution in [3.63, 3.8) is 0 Å². The lowest BCUT2D eigenvalue weighted by Gasteiger charge is -2.11. The van der Waals surface area contributed by atoms with Crippen molar-refractivity contribution in [2.45, 2.75) is 6.92 Å². The number of carboxylic acids is 1. The predicted octanol–water partition coefficient (Wildman–Crippen LogP) is 3.49. The normalized spacial score (nSPS) is 10.7. The van der Waals surface area contributed by atoms with Crippen LogP contribution in [0.3, 0.4) is 0 Å². The highest BCUT2D eigenvalue weighted by Crippen LogP contribution is 2.33. The molecule has 3 aromatic rings. The largest absolute Gasteiger partial charge is 0.478 e. The summed E-state index contributed by atoms with van der Waals surface area (Å²) in [7, 11) is 0. The van der Waals surface area contributed by atoms with Crippen LogP contribution in [0.2, 0.25) is 0 Å². The van der Waals surface area contributed by atoms with Crippen LogP contribution in [-0.2, 0) is 0 Å². The third-order valence-electron chi connectivity index (χ3n) is 2.87. The van der Waals surface area contributed by atoms with E-state index in [-0.39, 0.29) is 5.56 Å². The molecule has 0 aliphatic rings. The number of fused-ring (bicyclic) bond motifs is 1. The Balaban J connectivity index is 2.12. The Hall–Kier alpha value is -2.47. The van der Waals surface area contributed by atoms with E-state index in [1.54, 1.807) is 19.1 Å². The van der Waals surface area contributed by atoms with Gasteiger partial charge in [-0.05, 0) is 30.0 Å². The zero-order valence-electron chi connectivity index (χ0n) is 10.5. The van der Waals surface area contributed by atoms with Gasteiger partial charge in [-0.3, -0.25) is 0 Å². The first-order valence-corrected chi connectivity index (χ1v) is 6.74. The van der Waals surface area contributed by atoms with Crippen molar-refractivity contribution >= 4 is 27.5 Å². The first-order chi connectivity index (χ1) is 9.66. The number of aryl methyl sites for hydroxylation is 1. The van der Waals surface area contributed by atoms with Crippen LogP contribution in [0.5, 0.6) is 11.6 Å². The van der Waals surface area contributed by atoms with Crippen molar-refractivity contribution in [3.05, 3.63) is 47.1 Å². The average molecular weight is 286 g/mol. The van der Waals surface area contributed by atoms with Crippen LogP contribution in [0.25, 0.3) is 10.2 Å². The minimum absolute atomic E-state index is 0.118. The van der Waals surface area contributed by atoms with Gasteiger partial charge in [0.05, 0.1) is 5.39 Å². The molecule has 0 spiro atoms. The molecule has 0 aliphatic heterocycles. The molecule has 0 unspecified atom stereocenters. The van der Waals surface area contributed by atoms with Gasteiger partial charge in [0.25, 0.3) is 0 Å². The lowest BCUT2D eigenvalue weighted by atomic mass is 10.1. The van der Waals surface area contributed by atoms with E-state index in [2.05, 4.69) is 9.97 Å². The second-order valence-electron chi connectivity index (χ2n) is 4.18. The highest BCUT2D eigenvalue weighted by Gasteiger charge is 2.16. The van der Waals surface area contributed by atoms with Crippen LogP contribution in [0.4, 0.5) is 0 Å². The maximum absolute atomic E-state index is 11.3. The highest BCUT2D eigenvalue weighted by atomic mass is 32.1. The van der Waals surface area contributed by atoms with Crippen LogP contribution < -0.4 is 4.74 Å². The molecule has 0 saturated carbocycles. The zero-order valence-corrected chi connectivity index (χ0v) is 11.3. The number of carboxylic acid groups (broad SMARTS) is 1. The number of ether oxygens (including phenoxy) is 1. The van der Waals surface area contributed by atoms with Crippen molar-refractivity contribution in [2.24, 2.45) is 0 Å². The van der Waals surface area contributed by atoms with Crippen LogP contribution in [0.15, 0.2) is 36.0 Å². The number of aromatic nitrogens is 2. The first-order valence-electron chi connectivity index (χ1n) is 5.86. The van der Waals surface area contributed by atoms with E-state index < -0.39 is 5.97 Å². The molecule has 6 heteroatoms. The molecule has 100 valence electrons. The molecule has 2 aromatic heterocycles. The third-order valence-corrected chi connectivity index (χ3v) is 3.69. The van der Waals surface area contributed by atoms with Crippen molar-refractivity contribution in [2.75, 3.05) is 0 Å². The minimum Gasteiger partial charge on any atom is -0.478 e. The summed E-state index contributed by atoms with van der Waals surface area (Å²) in [5, 5.41) is 11.9. The summed E-state index contributed by atoms with van der Waals surface area (Å²) in [4.78, 5) is 20.3. The molecular formula is C14H10N2O3S. The van der Waals surface area contributed by atoms with Gasteiger partial charge in [-0.15, -0.1) is 11.3 Å². The van der Waals surface area contributed by atoms with E-state index in [0.717, 1.165) is 15.8 Å². The summed E-state index contributed by atoms with van der Waals surface area (Å²) in [5.74, 6) is -0.349. The fourth-order valence-corrected chi connectivity index (χ4v) is 2.63. The highest BCUT2D eigenvalue weighted by molar-refractivity contribution is 7.16. The number of nitrogens with zero attached hydrogens (tertiary/aromatic N) is 2. The van der Waals surface area contributed by atoms with Crippen molar-refractivity contribution in [1.82, 2.24) is 9.97 Å². The number of rotatable bonds is 3. The molecule has 3 rings (SSSR count). The van der Waals surface area contributed by atoms with E-state index in [0.29, 0.717) is 11.6 Å². The van der Waals surface area contributed by atoms with E-state index in [9.17, 15) is 9.90 Å². The molecule has 1 N–H and O–H groups in total. The Labute approximate surface area is 118 Å². The molecule has 0 amide bonds. The second-order valence-corrected chi connectivity index (χ2v) is 5.07. The Kier molecular flexibility index (Phi) is 3.08. The molecule has 2 heterocycles. The van der Waals surface area contributed by atoms with E-state index in [1.165, 1.54) is 23.7 Å². The number of carbonyl (C=O) groups is 1. The number of thiophene rings is 1. The van der Waals surface area contributed by atoms with Gasteiger partial charge in [0.1, 0.15) is 22.5 Å². The number of para-hydroxylation sites is 1. The summed E-state index contributed by atoms with van der Waals surface area (Å²) in [6.07, 6.45) is 1.41. The Morgan fingerprint density at radius 3 is 2.95 bits per heavy atom. The van der Waals surface area contributed by atoms with Gasteiger partial charge in [-0.1, -0.05) is 12.1 Å². The lowest BCUT2D eigenvalue weighted by Crippen LogP contribution is -2.02. The Morgan fingerprint density at radius 1 is 1.30 bits per heavy atom. The Morgan fingerprint density at radius 2 is 2.15 bits per heavy atom. The van der Waals surface area contributed by atoms with E-state index in [1.807, 2.05) is 11.4 Å². The smallest absolute Gasteiger partial charge is 0.339 e. The summed E-state index contributed by atoms with van der Waals surface area (Å²) in [5.41, 5.74) is 0.860. The maximum atomic E-state index is 11.3. The number of benzene rings is 1. The van der Waals surface area contributed by atoms with Gasteiger partial charge in [-0.25, -0.2) is 14.8 Å². The standard InChI is InChI=1S/C14H10N2O3S/c1-8-3-2-4-9(14(17)18)11(8)19-12-10-5-6-20-13(10)16-7-15-12/h2-7H,1H3,(H,17,18). The van der Waals surface area contributed by atoms with Crippen LogP contribution in [-0.4, -0.2) is 21.0 Å². The molecule has 0 fully saturated rings. The molecular weight excluding hydrogens is 276 g/mol. The van der Waals surface area contributed by atoms with Gasteiger partial charge < -0.3 is 9.84 Å². The Bertz CT molecular complexity index is 798. The second kappa shape index (κ2) is 4.90. The summed E-state index contributed by atoms with van der Waals surface area (Å²) >= 11 is 1.48. The quantitative estimate of drug-likeness (QED) is 0.798. The van der Waals surface area contributed by atoms with E-state index >= 15 is 0 Å². The summed E-state index contributed by atoms with van der Waals surface area (Å²) < 4.78 is 5.75. The van der Waals surface area contributed by atoms with Gasteiger partial charge >= 0.3 is 5.97 Å². The maximum Gasteiger partial charge on any atom is 0.339 e. The van der Waals surface area contributed by atoms with E-state index in [4.69, 9.17) is 4.74 Å². The molecule has 1 aromatic carbocycles. The molecule has 0 saturated heterocycles. The van der Waals surface area contributed by atoms with Crippen LogP contribution in [0, 0.1) is 6.92 Å². The van der Waals surface area contributed by atoms with Crippen LogP contribution >= 0.6 is 11.3 Å². The summed E-state index contributed by atoms with van der Waals surface area (Å²) in [6.45, 7) is 1.80. The van der Waals surface area contributed by atoms with Crippen LogP contribution in [0.1, 0.15) is 15.9 Å².